The Bertz CT molecular complexity index is 1940. The van der Waals surface area contributed by atoms with E-state index in [1.807, 2.05) is 37.4 Å². The zero-order valence-corrected chi connectivity index (χ0v) is 20.9. The van der Waals surface area contributed by atoms with Gasteiger partial charge in [-0.2, -0.15) is 0 Å². The zero-order valence-electron chi connectivity index (χ0n) is 20.9. The highest BCUT2D eigenvalue weighted by molar-refractivity contribution is 6.08. The van der Waals surface area contributed by atoms with E-state index in [1.54, 1.807) is 0 Å². The summed E-state index contributed by atoms with van der Waals surface area (Å²) in [4.78, 5) is 9.32. The van der Waals surface area contributed by atoms with Crippen molar-refractivity contribution in [3.05, 3.63) is 108 Å². The van der Waals surface area contributed by atoms with Crippen LogP contribution in [0.4, 0.5) is 0 Å². The van der Waals surface area contributed by atoms with Gasteiger partial charge in [-0.3, -0.25) is 4.98 Å². The summed E-state index contributed by atoms with van der Waals surface area (Å²) >= 11 is 0. The van der Waals surface area contributed by atoms with Gasteiger partial charge < -0.3 is 8.83 Å². The number of pyridine rings is 2. The molecule has 7 rings (SSSR count). The van der Waals surface area contributed by atoms with Gasteiger partial charge in [0, 0.05) is 45.2 Å². The van der Waals surface area contributed by atoms with Crippen molar-refractivity contribution < 1.29 is 8.83 Å². The molecule has 0 atom stereocenters. The Labute approximate surface area is 214 Å². The molecule has 0 bridgehead atoms. The van der Waals surface area contributed by atoms with E-state index in [9.17, 15) is 0 Å². The maximum atomic E-state index is 6.31. The molecule has 0 radical (unpaired) electrons. The molecule has 0 amide bonds. The lowest BCUT2D eigenvalue weighted by atomic mass is 9.95. The molecular formula is C33H24N2O2. The maximum absolute atomic E-state index is 6.31. The van der Waals surface area contributed by atoms with E-state index in [2.05, 4.69) is 79.5 Å². The van der Waals surface area contributed by atoms with Crippen molar-refractivity contribution in [3.63, 3.8) is 0 Å². The van der Waals surface area contributed by atoms with Crippen molar-refractivity contribution in [3.8, 4) is 33.7 Å². The molecule has 0 spiro atoms. The molecule has 0 aliphatic rings. The minimum atomic E-state index is 0.646. The van der Waals surface area contributed by atoms with E-state index in [1.165, 1.54) is 22.3 Å². The molecular weight excluding hydrogens is 456 g/mol. The average molecular weight is 481 g/mol. The molecule has 4 aromatic heterocycles. The van der Waals surface area contributed by atoms with Crippen LogP contribution in [0.1, 0.15) is 16.8 Å². The maximum Gasteiger partial charge on any atom is 0.227 e. The molecule has 0 aliphatic carbocycles. The van der Waals surface area contributed by atoms with Gasteiger partial charge in [0.1, 0.15) is 16.9 Å². The SMILES string of the molecule is Cc1ccc2c(n1)oc1c(-c3cc4oc(-c5ccc(-c6c(C)cccc6C)cc5)cc4cn3)cccc12. The minimum absolute atomic E-state index is 0.646. The van der Waals surface area contributed by atoms with Gasteiger partial charge in [-0.25, -0.2) is 4.98 Å². The summed E-state index contributed by atoms with van der Waals surface area (Å²) in [5.74, 6) is 0.823. The van der Waals surface area contributed by atoms with Crippen LogP contribution in [0.25, 0.3) is 66.7 Å². The molecule has 4 heterocycles. The molecule has 0 saturated carbocycles. The van der Waals surface area contributed by atoms with E-state index in [0.29, 0.717) is 5.71 Å². The molecule has 4 nitrogen and oxygen atoms in total. The van der Waals surface area contributed by atoms with Crippen LogP contribution in [0.15, 0.2) is 100.0 Å². The molecule has 178 valence electrons. The van der Waals surface area contributed by atoms with Crippen molar-refractivity contribution in [2.75, 3.05) is 0 Å². The Kier molecular flexibility index (Phi) is 4.76. The third kappa shape index (κ3) is 3.53. The summed E-state index contributed by atoms with van der Waals surface area (Å²) < 4.78 is 12.5. The standard InChI is InChI=1S/C33H24N2O2/c1-19-6-4-7-20(2)31(19)23-13-11-22(12-14-23)29-16-24-18-34-28(17-30(24)36-29)27-9-5-8-25-26-15-10-21(3)35-33(26)37-32(25)27/h4-18H,1-3H3. The highest BCUT2D eigenvalue weighted by Gasteiger charge is 2.16. The first-order valence-corrected chi connectivity index (χ1v) is 12.4. The normalized spacial score (nSPS) is 11.6. The predicted molar refractivity (Wildman–Crippen MR) is 150 cm³/mol. The van der Waals surface area contributed by atoms with E-state index in [-0.39, 0.29) is 0 Å². The van der Waals surface area contributed by atoms with Crippen LogP contribution in [0.3, 0.4) is 0 Å². The minimum Gasteiger partial charge on any atom is -0.456 e. The number of aromatic nitrogens is 2. The molecule has 0 saturated heterocycles. The number of aryl methyl sites for hydroxylation is 3. The number of benzene rings is 3. The average Bonchev–Trinajstić information content (AvgIpc) is 3.49. The fraction of sp³-hybridized carbons (Fsp3) is 0.0909. The second-order valence-corrected chi connectivity index (χ2v) is 9.65. The Morgan fingerprint density at radius 1 is 0.676 bits per heavy atom. The predicted octanol–water partition coefficient (Wildman–Crippen LogP) is 9.05. The molecule has 0 N–H and O–H groups in total. The molecule has 3 aromatic carbocycles. The molecule has 0 unspecified atom stereocenters. The fourth-order valence-corrected chi connectivity index (χ4v) is 5.27. The van der Waals surface area contributed by atoms with Crippen LogP contribution in [0, 0.1) is 20.8 Å². The van der Waals surface area contributed by atoms with Gasteiger partial charge in [-0.15, -0.1) is 0 Å². The monoisotopic (exact) mass is 480 g/mol. The summed E-state index contributed by atoms with van der Waals surface area (Å²) in [6.07, 6.45) is 1.87. The second kappa shape index (κ2) is 8.17. The largest absolute Gasteiger partial charge is 0.456 e. The quantitative estimate of drug-likeness (QED) is 0.253. The summed E-state index contributed by atoms with van der Waals surface area (Å²) in [5, 5.41) is 3.01. The van der Waals surface area contributed by atoms with Crippen molar-refractivity contribution in [1.29, 1.82) is 0 Å². The Hall–Kier alpha value is -4.70. The number of para-hydroxylation sites is 1. The first kappa shape index (κ1) is 21.6. The number of fused-ring (bicyclic) bond motifs is 4. The highest BCUT2D eigenvalue weighted by Crippen LogP contribution is 2.37. The first-order valence-electron chi connectivity index (χ1n) is 12.4. The molecule has 7 aromatic rings. The van der Waals surface area contributed by atoms with Gasteiger partial charge in [0.2, 0.25) is 5.71 Å². The molecule has 0 aliphatic heterocycles. The highest BCUT2D eigenvalue weighted by atomic mass is 16.3. The number of furan rings is 2. The lowest BCUT2D eigenvalue weighted by Gasteiger charge is -2.10. The van der Waals surface area contributed by atoms with Crippen LogP contribution < -0.4 is 0 Å². The van der Waals surface area contributed by atoms with Gasteiger partial charge in [0.05, 0.1) is 5.69 Å². The topological polar surface area (TPSA) is 52.1 Å². The van der Waals surface area contributed by atoms with Gasteiger partial charge in [-0.1, -0.05) is 54.6 Å². The summed E-state index contributed by atoms with van der Waals surface area (Å²) in [6, 6.07) is 29.2. The van der Waals surface area contributed by atoms with E-state index in [4.69, 9.17) is 13.8 Å². The fourth-order valence-electron chi connectivity index (χ4n) is 5.27. The first-order chi connectivity index (χ1) is 18.0. The second-order valence-electron chi connectivity index (χ2n) is 9.65. The Balaban J connectivity index is 1.28. The lowest BCUT2D eigenvalue weighted by Crippen LogP contribution is -1.87. The summed E-state index contributed by atoms with van der Waals surface area (Å²) in [7, 11) is 0. The van der Waals surface area contributed by atoms with E-state index in [0.717, 1.165) is 55.6 Å². The Morgan fingerprint density at radius 3 is 2.24 bits per heavy atom. The summed E-state index contributed by atoms with van der Waals surface area (Å²) in [5.41, 5.74) is 11.0. The van der Waals surface area contributed by atoms with Gasteiger partial charge in [-0.05, 0) is 67.3 Å². The number of hydrogen-bond donors (Lipinski definition) is 0. The smallest absolute Gasteiger partial charge is 0.227 e. The van der Waals surface area contributed by atoms with Crippen LogP contribution in [0.5, 0.6) is 0 Å². The summed E-state index contributed by atoms with van der Waals surface area (Å²) in [6.45, 7) is 6.28. The Morgan fingerprint density at radius 2 is 1.43 bits per heavy atom. The molecule has 37 heavy (non-hydrogen) atoms. The third-order valence-corrected chi connectivity index (χ3v) is 7.12. The zero-order chi connectivity index (χ0) is 25.1. The van der Waals surface area contributed by atoms with Gasteiger partial charge in [0.15, 0.2) is 0 Å². The number of nitrogens with zero attached hydrogens (tertiary/aromatic N) is 2. The van der Waals surface area contributed by atoms with Gasteiger partial charge in [0.25, 0.3) is 0 Å². The van der Waals surface area contributed by atoms with Gasteiger partial charge >= 0.3 is 0 Å². The van der Waals surface area contributed by atoms with E-state index < -0.39 is 0 Å². The van der Waals surface area contributed by atoms with E-state index >= 15 is 0 Å². The van der Waals surface area contributed by atoms with Crippen molar-refractivity contribution in [2.24, 2.45) is 0 Å². The molecule has 4 heteroatoms. The third-order valence-electron chi connectivity index (χ3n) is 7.12. The molecule has 0 fully saturated rings. The van der Waals surface area contributed by atoms with Crippen molar-refractivity contribution in [1.82, 2.24) is 9.97 Å². The van der Waals surface area contributed by atoms with Crippen LogP contribution in [0.2, 0.25) is 0 Å². The van der Waals surface area contributed by atoms with Crippen LogP contribution in [-0.4, -0.2) is 9.97 Å². The van der Waals surface area contributed by atoms with Crippen LogP contribution in [-0.2, 0) is 0 Å². The lowest BCUT2D eigenvalue weighted by molar-refractivity contribution is 0.631. The number of rotatable bonds is 3. The van der Waals surface area contributed by atoms with Crippen molar-refractivity contribution in [2.45, 2.75) is 20.8 Å². The van der Waals surface area contributed by atoms with Crippen molar-refractivity contribution >= 4 is 33.0 Å². The van der Waals surface area contributed by atoms with Crippen LogP contribution >= 0.6 is 0 Å². The number of hydrogen-bond acceptors (Lipinski definition) is 4.